The van der Waals surface area contributed by atoms with E-state index in [0.717, 1.165) is 163 Å². The molecule has 0 atom stereocenters. The highest BCUT2D eigenvalue weighted by molar-refractivity contribution is 6.44. The Bertz CT molecular complexity index is 4110. The lowest BCUT2D eigenvalue weighted by Gasteiger charge is -2.19. The third-order valence-corrected chi connectivity index (χ3v) is 21.9. The van der Waals surface area contributed by atoms with Gasteiger partial charge in [0.25, 0.3) is 22.2 Å². The van der Waals surface area contributed by atoms with Gasteiger partial charge in [0.2, 0.25) is 0 Å². The van der Waals surface area contributed by atoms with Crippen molar-refractivity contribution in [3.63, 3.8) is 0 Å². The van der Waals surface area contributed by atoms with Crippen molar-refractivity contribution in [3.8, 4) is 0 Å². The van der Waals surface area contributed by atoms with Crippen LogP contribution < -0.4 is 22.2 Å². The minimum absolute atomic E-state index is 0.133. The lowest BCUT2D eigenvalue weighted by Crippen LogP contribution is -2.30. The second-order valence-corrected chi connectivity index (χ2v) is 28.5. The fourth-order valence-corrected chi connectivity index (χ4v) is 17.0. The monoisotopic (exact) mass is 1230 g/mol. The molecule has 0 saturated carbocycles. The van der Waals surface area contributed by atoms with Crippen molar-refractivity contribution in [2.24, 2.45) is 0 Å². The molecule has 0 aliphatic rings. The predicted octanol–water partition coefficient (Wildman–Crippen LogP) is 25.3. The Balaban J connectivity index is 1.03. The van der Waals surface area contributed by atoms with E-state index in [1.165, 1.54) is 180 Å². The fourth-order valence-electron chi connectivity index (χ4n) is 17.0. The summed E-state index contributed by atoms with van der Waals surface area (Å²) in [6.45, 7) is 9.11. The van der Waals surface area contributed by atoms with Crippen LogP contribution in [0.3, 0.4) is 0 Å². The molecule has 9 aromatic carbocycles. The highest BCUT2D eigenvalue weighted by atomic mass is 16.2. The first kappa shape index (κ1) is 67.0. The highest BCUT2D eigenvalue weighted by Gasteiger charge is 2.30. The smallest absolute Gasteiger partial charge is 0.262 e. The van der Waals surface area contributed by atoms with Crippen LogP contribution in [0, 0.1) is 0 Å². The largest absolute Gasteiger partial charge is 0.271 e. The van der Waals surface area contributed by atoms with Gasteiger partial charge in [-0.05, 0) is 113 Å². The molecule has 6 heteroatoms. The van der Waals surface area contributed by atoms with E-state index in [2.05, 4.69) is 113 Å². The topological polar surface area (TPSA) is 78.1 Å². The van der Waals surface area contributed by atoms with Gasteiger partial charge in [0.1, 0.15) is 0 Å². The van der Waals surface area contributed by atoms with Gasteiger partial charge < -0.3 is 0 Å². The second kappa shape index (κ2) is 33.1. The molecule has 11 aromatic rings. The molecule has 11 rings (SSSR count). The van der Waals surface area contributed by atoms with Crippen LogP contribution in [0.25, 0.3) is 108 Å². The highest BCUT2D eigenvalue weighted by Crippen LogP contribution is 2.49. The molecule has 0 amide bonds. The van der Waals surface area contributed by atoms with E-state index < -0.39 is 0 Å². The molecule has 6 nitrogen and oxygen atoms in total. The Morgan fingerprint density at radius 3 is 0.728 bits per heavy atom. The molecule has 0 bridgehead atoms. The number of fused-ring (bicyclic) bond motifs is 16. The summed E-state index contributed by atoms with van der Waals surface area (Å²) in [6.07, 6.45) is 47.7. The fraction of sp³-hybridized carbons (Fsp3) is 0.535. The van der Waals surface area contributed by atoms with Crippen molar-refractivity contribution in [1.82, 2.24) is 9.13 Å². The minimum Gasteiger partial charge on any atom is -0.271 e. The first-order chi connectivity index (χ1) is 45.3. The van der Waals surface area contributed by atoms with Crippen LogP contribution in [0.2, 0.25) is 0 Å². The Morgan fingerprint density at radius 1 is 0.217 bits per heavy atom. The third kappa shape index (κ3) is 14.3. The summed E-state index contributed by atoms with van der Waals surface area (Å²) in [5.41, 5.74) is -0.544. The number of nitrogens with zero attached hydrogens (tertiary/aromatic N) is 2. The molecular formula is C86H110N2O4. The van der Waals surface area contributed by atoms with Gasteiger partial charge in [-0.25, -0.2) is 0 Å². The van der Waals surface area contributed by atoms with Crippen LogP contribution in [0.1, 0.15) is 297 Å². The standard InChI is InChI=1S/C86H110N2O4/c1-5-9-13-17-21-25-29-33-37-47-61(48-38-34-30-26-22-18-14-10-6-2)87-83(89)79-65-53-43-41-51-63(65)71-59-73-68-56-46-58-70-76(68)74(67-55-45-57-69(75(67)73)77(71)81(79)85(87)91)60-72-64-52-42-44-54-66(64)80-82(78(70)72)86(92)88(84(80)90)62(49-39-35-31-27-23-19-15-11-7-3)50-40-36-32-28-24-20-16-12-8-4/h41-46,51-62H,5-40,47-50H2,1-4H3. The Kier molecular flexibility index (Phi) is 24.1. The first-order valence-electron chi connectivity index (χ1n) is 38.0. The van der Waals surface area contributed by atoms with Crippen LogP contribution in [0.15, 0.2) is 116 Å². The van der Waals surface area contributed by atoms with Crippen LogP contribution >= 0.6 is 0 Å². The summed E-state index contributed by atoms with van der Waals surface area (Å²) in [4.78, 5) is 62.8. The van der Waals surface area contributed by atoms with Gasteiger partial charge in [0.15, 0.2) is 0 Å². The van der Waals surface area contributed by atoms with Gasteiger partial charge in [-0.15, -0.1) is 0 Å². The van der Waals surface area contributed by atoms with Crippen molar-refractivity contribution in [2.75, 3.05) is 0 Å². The first-order valence-corrected chi connectivity index (χ1v) is 38.0. The number of aromatic nitrogens is 2. The SMILES string of the molecule is CCCCCCCCCCCC(CCCCCCCCCCC)n1c(=O)c2c3ccccc3c3cc4c5cccc6c5c(cc5c7ccccc7c7c(=O)n(C(CCCCCCCCCCC)CCCCCCCCCCC)c(=O)c7c56)c5cccc(c54)c3c2c1=O. The lowest BCUT2D eigenvalue weighted by molar-refractivity contribution is 0.383. The summed E-state index contributed by atoms with van der Waals surface area (Å²) < 4.78 is 3.47. The number of rotatable bonds is 42. The molecule has 0 radical (unpaired) electrons. The second-order valence-electron chi connectivity index (χ2n) is 28.5. The molecule has 0 spiro atoms. The number of hydrogen-bond acceptors (Lipinski definition) is 4. The van der Waals surface area contributed by atoms with Gasteiger partial charge in [0.05, 0.1) is 21.5 Å². The number of unbranched alkanes of at least 4 members (excludes halogenated alkanes) is 32. The van der Waals surface area contributed by atoms with E-state index in [-0.39, 0.29) is 34.3 Å². The Morgan fingerprint density at radius 2 is 0.435 bits per heavy atom. The van der Waals surface area contributed by atoms with E-state index in [4.69, 9.17) is 0 Å². The summed E-state index contributed by atoms with van der Waals surface area (Å²) in [6, 6.07) is 34.1. The lowest BCUT2D eigenvalue weighted by atomic mass is 9.83. The summed E-state index contributed by atoms with van der Waals surface area (Å²) >= 11 is 0. The molecule has 2 aromatic heterocycles. The molecule has 0 aliphatic heterocycles. The molecule has 2 heterocycles. The van der Waals surface area contributed by atoms with E-state index >= 15 is 19.2 Å². The zero-order valence-electron chi connectivity index (χ0n) is 57.2. The molecule has 488 valence electrons. The van der Waals surface area contributed by atoms with E-state index in [0.29, 0.717) is 21.5 Å². The van der Waals surface area contributed by atoms with Crippen molar-refractivity contribution in [1.29, 1.82) is 0 Å². The van der Waals surface area contributed by atoms with Crippen molar-refractivity contribution in [3.05, 3.63) is 138 Å². The van der Waals surface area contributed by atoms with E-state index in [9.17, 15) is 0 Å². The van der Waals surface area contributed by atoms with Gasteiger partial charge in [-0.2, -0.15) is 0 Å². The Hall–Kier alpha value is -6.40. The predicted molar refractivity (Wildman–Crippen MR) is 402 cm³/mol. The zero-order valence-corrected chi connectivity index (χ0v) is 57.2. The number of benzene rings is 9. The van der Waals surface area contributed by atoms with Crippen LogP contribution in [0.4, 0.5) is 0 Å². The summed E-state index contributed by atoms with van der Waals surface area (Å²) in [5.74, 6) is 0. The molecular weight excluding hydrogens is 1120 g/mol. The van der Waals surface area contributed by atoms with E-state index in [1.807, 2.05) is 12.1 Å². The van der Waals surface area contributed by atoms with Crippen molar-refractivity contribution >= 4 is 108 Å². The van der Waals surface area contributed by atoms with Crippen LogP contribution in [-0.2, 0) is 0 Å². The van der Waals surface area contributed by atoms with Gasteiger partial charge in [0, 0.05) is 22.9 Å². The van der Waals surface area contributed by atoms with Crippen LogP contribution in [0.5, 0.6) is 0 Å². The molecule has 0 unspecified atom stereocenters. The normalized spacial score (nSPS) is 12.5. The average molecular weight is 1240 g/mol. The van der Waals surface area contributed by atoms with Crippen LogP contribution in [-0.4, -0.2) is 9.13 Å². The summed E-state index contributed by atoms with van der Waals surface area (Å²) in [7, 11) is 0. The quantitative estimate of drug-likeness (QED) is 0.0217. The maximum atomic E-state index is 15.9. The molecule has 0 fully saturated rings. The maximum Gasteiger partial charge on any atom is 0.262 e. The number of hydrogen-bond donors (Lipinski definition) is 0. The van der Waals surface area contributed by atoms with Gasteiger partial charge in [-0.3, -0.25) is 28.3 Å². The van der Waals surface area contributed by atoms with Crippen molar-refractivity contribution in [2.45, 2.75) is 297 Å². The Labute approximate surface area is 548 Å². The molecule has 0 aliphatic carbocycles. The van der Waals surface area contributed by atoms with Gasteiger partial charge in [-0.1, -0.05) is 344 Å². The minimum atomic E-state index is -0.154. The maximum absolute atomic E-state index is 15.9. The molecule has 92 heavy (non-hydrogen) atoms. The molecule has 0 N–H and O–H groups in total. The summed E-state index contributed by atoms with van der Waals surface area (Å²) in [5, 5.41) is 18.0. The van der Waals surface area contributed by atoms with Gasteiger partial charge >= 0.3 is 0 Å². The van der Waals surface area contributed by atoms with E-state index in [1.54, 1.807) is 9.13 Å². The zero-order chi connectivity index (χ0) is 63.8. The molecule has 0 saturated heterocycles. The van der Waals surface area contributed by atoms with Crippen molar-refractivity contribution < 1.29 is 0 Å². The third-order valence-electron chi connectivity index (χ3n) is 21.9. The average Bonchev–Trinajstić information content (AvgIpc) is 1.07.